The molecule has 0 aliphatic rings. The van der Waals surface area contributed by atoms with E-state index in [0.29, 0.717) is 20.2 Å². The van der Waals surface area contributed by atoms with Crippen molar-refractivity contribution in [1.82, 2.24) is 4.98 Å². The van der Waals surface area contributed by atoms with Crippen LogP contribution in [0.15, 0.2) is 34.9 Å². The SMILES string of the molecule is O=[N+]([O-])c1cc(Br)cnc1Nc1c(Cl)cccc1Cl. The van der Waals surface area contributed by atoms with Gasteiger partial charge in [0.15, 0.2) is 0 Å². The number of rotatable bonds is 3. The Balaban J connectivity index is 2.47. The number of benzene rings is 1. The lowest BCUT2D eigenvalue weighted by atomic mass is 10.3. The van der Waals surface area contributed by atoms with Crippen LogP contribution in [0.2, 0.25) is 10.0 Å². The molecule has 1 aromatic heterocycles. The predicted molar refractivity (Wildman–Crippen MR) is 78.3 cm³/mol. The van der Waals surface area contributed by atoms with E-state index in [1.165, 1.54) is 12.3 Å². The van der Waals surface area contributed by atoms with Crippen LogP contribution in [0.1, 0.15) is 0 Å². The second-order valence-electron chi connectivity index (χ2n) is 3.50. The van der Waals surface area contributed by atoms with Gasteiger partial charge in [-0.05, 0) is 28.1 Å². The number of nitro groups is 1. The Bertz CT molecular complexity index is 632. The first-order valence-electron chi connectivity index (χ1n) is 5.00. The summed E-state index contributed by atoms with van der Waals surface area (Å²) >= 11 is 15.1. The average Bonchev–Trinajstić information content (AvgIpc) is 2.35. The number of para-hydroxylation sites is 1. The molecule has 1 N–H and O–H groups in total. The second kappa shape index (κ2) is 5.73. The van der Waals surface area contributed by atoms with Crippen LogP contribution in [-0.2, 0) is 0 Å². The van der Waals surface area contributed by atoms with Gasteiger partial charge in [-0.1, -0.05) is 29.3 Å². The quantitative estimate of drug-likeness (QED) is 0.628. The van der Waals surface area contributed by atoms with Gasteiger partial charge in [-0.25, -0.2) is 4.98 Å². The molecule has 0 saturated carbocycles. The maximum absolute atomic E-state index is 11.0. The highest BCUT2D eigenvalue weighted by atomic mass is 79.9. The normalized spacial score (nSPS) is 10.3. The molecule has 19 heavy (non-hydrogen) atoms. The third-order valence-corrected chi connectivity index (χ3v) is 3.30. The van der Waals surface area contributed by atoms with Crippen LogP contribution in [-0.4, -0.2) is 9.91 Å². The van der Waals surface area contributed by atoms with Crippen molar-refractivity contribution in [2.24, 2.45) is 0 Å². The first-order chi connectivity index (χ1) is 8.99. The van der Waals surface area contributed by atoms with Crippen molar-refractivity contribution >= 4 is 56.3 Å². The Morgan fingerprint density at radius 1 is 1.32 bits per heavy atom. The zero-order valence-electron chi connectivity index (χ0n) is 9.23. The minimum absolute atomic E-state index is 0.0724. The zero-order chi connectivity index (χ0) is 14.0. The van der Waals surface area contributed by atoms with E-state index in [9.17, 15) is 10.1 Å². The monoisotopic (exact) mass is 361 g/mol. The van der Waals surface area contributed by atoms with Gasteiger partial charge in [0.2, 0.25) is 5.82 Å². The first kappa shape index (κ1) is 14.0. The molecule has 0 amide bonds. The van der Waals surface area contributed by atoms with Crippen molar-refractivity contribution in [3.63, 3.8) is 0 Å². The van der Waals surface area contributed by atoms with E-state index in [4.69, 9.17) is 23.2 Å². The van der Waals surface area contributed by atoms with Gasteiger partial charge in [0.1, 0.15) is 0 Å². The fourth-order valence-corrected chi connectivity index (χ4v) is 2.21. The summed E-state index contributed by atoms with van der Waals surface area (Å²) in [5.74, 6) is 0.0724. The molecule has 1 aromatic carbocycles. The third-order valence-electron chi connectivity index (χ3n) is 2.24. The predicted octanol–water partition coefficient (Wildman–Crippen LogP) is 4.80. The zero-order valence-corrected chi connectivity index (χ0v) is 12.3. The lowest BCUT2D eigenvalue weighted by Gasteiger charge is -2.09. The van der Waals surface area contributed by atoms with Crippen molar-refractivity contribution in [2.75, 3.05) is 5.32 Å². The van der Waals surface area contributed by atoms with Crippen LogP contribution in [0.5, 0.6) is 0 Å². The van der Waals surface area contributed by atoms with Crippen molar-refractivity contribution in [3.8, 4) is 0 Å². The van der Waals surface area contributed by atoms with Gasteiger partial charge < -0.3 is 5.32 Å². The lowest BCUT2D eigenvalue weighted by Crippen LogP contribution is -2.00. The number of hydrogen-bond donors (Lipinski definition) is 1. The number of nitrogens with one attached hydrogen (secondary N) is 1. The summed E-state index contributed by atoms with van der Waals surface area (Å²) in [4.78, 5) is 14.4. The molecule has 2 rings (SSSR count). The van der Waals surface area contributed by atoms with Gasteiger partial charge in [0.25, 0.3) is 0 Å². The smallest absolute Gasteiger partial charge is 0.312 e. The molecule has 0 bridgehead atoms. The molecular formula is C11H6BrCl2N3O2. The van der Waals surface area contributed by atoms with E-state index in [2.05, 4.69) is 26.2 Å². The summed E-state index contributed by atoms with van der Waals surface area (Å²) < 4.78 is 0.509. The molecule has 98 valence electrons. The molecule has 0 radical (unpaired) electrons. The number of aromatic nitrogens is 1. The summed E-state index contributed by atoms with van der Waals surface area (Å²) in [7, 11) is 0. The topological polar surface area (TPSA) is 68.1 Å². The van der Waals surface area contributed by atoms with E-state index in [0.717, 1.165) is 0 Å². The highest BCUT2D eigenvalue weighted by Crippen LogP contribution is 2.35. The van der Waals surface area contributed by atoms with Crippen LogP contribution in [0.3, 0.4) is 0 Å². The van der Waals surface area contributed by atoms with E-state index in [1.807, 2.05) is 0 Å². The summed E-state index contributed by atoms with van der Waals surface area (Å²) in [6, 6.07) is 6.28. The van der Waals surface area contributed by atoms with Gasteiger partial charge in [0.05, 0.1) is 20.7 Å². The van der Waals surface area contributed by atoms with Crippen molar-refractivity contribution in [2.45, 2.75) is 0 Å². The molecule has 2 aromatic rings. The first-order valence-corrected chi connectivity index (χ1v) is 6.55. The largest absolute Gasteiger partial charge is 0.332 e. The Hall–Kier alpha value is -1.37. The van der Waals surface area contributed by atoms with E-state index in [1.54, 1.807) is 18.2 Å². The van der Waals surface area contributed by atoms with Gasteiger partial charge in [-0.3, -0.25) is 10.1 Å². The highest BCUT2D eigenvalue weighted by Gasteiger charge is 2.18. The Morgan fingerprint density at radius 2 is 1.95 bits per heavy atom. The fraction of sp³-hybridized carbons (Fsp3) is 0. The van der Waals surface area contributed by atoms with Gasteiger partial charge in [-0.2, -0.15) is 0 Å². The van der Waals surface area contributed by atoms with Crippen LogP contribution in [0, 0.1) is 10.1 Å². The van der Waals surface area contributed by atoms with Gasteiger partial charge in [-0.15, -0.1) is 0 Å². The van der Waals surface area contributed by atoms with Crippen molar-refractivity contribution < 1.29 is 4.92 Å². The average molecular weight is 363 g/mol. The highest BCUT2D eigenvalue weighted by molar-refractivity contribution is 9.10. The maximum Gasteiger partial charge on any atom is 0.312 e. The Morgan fingerprint density at radius 3 is 2.53 bits per heavy atom. The van der Waals surface area contributed by atoms with Crippen LogP contribution < -0.4 is 5.32 Å². The molecule has 0 unspecified atom stereocenters. The Labute approximate surface area is 126 Å². The molecule has 0 aliphatic heterocycles. The minimum atomic E-state index is -0.537. The molecule has 0 fully saturated rings. The lowest BCUT2D eigenvalue weighted by molar-refractivity contribution is -0.384. The summed E-state index contributed by atoms with van der Waals surface area (Å²) in [6.45, 7) is 0. The fourth-order valence-electron chi connectivity index (χ4n) is 1.40. The van der Waals surface area contributed by atoms with Crippen LogP contribution in [0.4, 0.5) is 17.2 Å². The standard InChI is InChI=1S/C11H6BrCl2N3O2/c12-6-4-9(17(18)19)11(15-5-6)16-10-7(13)2-1-3-8(10)14/h1-5H,(H,15,16). The van der Waals surface area contributed by atoms with E-state index in [-0.39, 0.29) is 11.5 Å². The van der Waals surface area contributed by atoms with Crippen molar-refractivity contribution in [1.29, 1.82) is 0 Å². The second-order valence-corrected chi connectivity index (χ2v) is 5.23. The summed E-state index contributed by atoms with van der Waals surface area (Å²) in [5.41, 5.74) is 0.203. The minimum Gasteiger partial charge on any atom is -0.332 e. The van der Waals surface area contributed by atoms with Crippen LogP contribution in [0.25, 0.3) is 0 Å². The van der Waals surface area contributed by atoms with Crippen LogP contribution >= 0.6 is 39.1 Å². The molecule has 8 heteroatoms. The molecule has 0 atom stereocenters. The van der Waals surface area contributed by atoms with Crippen molar-refractivity contribution in [3.05, 3.63) is 55.1 Å². The molecule has 1 heterocycles. The summed E-state index contributed by atoms with van der Waals surface area (Å²) in [6.07, 6.45) is 1.44. The van der Waals surface area contributed by atoms with Gasteiger partial charge >= 0.3 is 5.69 Å². The summed E-state index contributed by atoms with van der Waals surface area (Å²) in [5, 5.41) is 14.5. The van der Waals surface area contributed by atoms with E-state index < -0.39 is 4.92 Å². The number of halogens is 3. The molecule has 0 saturated heterocycles. The Kier molecular flexibility index (Phi) is 4.24. The molecule has 0 aliphatic carbocycles. The maximum atomic E-state index is 11.0. The van der Waals surface area contributed by atoms with E-state index >= 15 is 0 Å². The molecular weight excluding hydrogens is 357 g/mol. The third kappa shape index (κ3) is 3.15. The molecule has 0 spiro atoms. The van der Waals surface area contributed by atoms with Gasteiger partial charge in [0, 0.05) is 16.7 Å². The number of anilines is 2. The number of hydrogen-bond acceptors (Lipinski definition) is 4. The number of pyridine rings is 1. The number of nitrogens with zero attached hydrogens (tertiary/aromatic N) is 2. The molecule has 5 nitrogen and oxygen atoms in total.